The summed E-state index contributed by atoms with van der Waals surface area (Å²) in [5.41, 5.74) is 2.57. The van der Waals surface area contributed by atoms with Gasteiger partial charge in [-0.2, -0.15) is 0 Å². The Hall–Kier alpha value is -1.93. The molecule has 35 heavy (non-hydrogen) atoms. The number of thiophene rings is 1. The highest BCUT2D eigenvalue weighted by atomic mass is 79.9. The van der Waals surface area contributed by atoms with Crippen molar-refractivity contribution >= 4 is 43.3 Å². The number of hydrogen-bond acceptors (Lipinski definition) is 5. The molecule has 0 bridgehead atoms. The number of ether oxygens (including phenoxy) is 1. The van der Waals surface area contributed by atoms with Crippen LogP contribution < -0.4 is 15.4 Å². The van der Waals surface area contributed by atoms with E-state index in [9.17, 15) is 4.79 Å². The second kappa shape index (κ2) is 11.4. The van der Waals surface area contributed by atoms with E-state index in [1.165, 1.54) is 21.2 Å². The summed E-state index contributed by atoms with van der Waals surface area (Å²) in [5.74, 6) is 1.08. The van der Waals surface area contributed by atoms with E-state index in [4.69, 9.17) is 4.74 Å². The monoisotopic (exact) mass is 555 g/mol. The molecule has 5 nitrogen and oxygen atoms in total. The van der Waals surface area contributed by atoms with Crippen LogP contribution >= 0.6 is 27.3 Å². The first kappa shape index (κ1) is 24.8. The summed E-state index contributed by atoms with van der Waals surface area (Å²) in [5, 5.41) is 7.90. The van der Waals surface area contributed by atoms with Crippen LogP contribution in [-0.4, -0.2) is 49.1 Å². The van der Waals surface area contributed by atoms with Gasteiger partial charge in [0.15, 0.2) is 0 Å². The Morgan fingerprint density at radius 1 is 1.14 bits per heavy atom. The van der Waals surface area contributed by atoms with Crippen LogP contribution in [0.4, 0.5) is 0 Å². The van der Waals surface area contributed by atoms with E-state index in [1.807, 2.05) is 0 Å². The van der Waals surface area contributed by atoms with E-state index in [1.54, 1.807) is 11.3 Å². The van der Waals surface area contributed by atoms with E-state index in [0.29, 0.717) is 12.5 Å². The van der Waals surface area contributed by atoms with Crippen molar-refractivity contribution in [2.24, 2.45) is 0 Å². The van der Waals surface area contributed by atoms with E-state index in [0.717, 1.165) is 73.5 Å². The first-order chi connectivity index (χ1) is 17.0. The van der Waals surface area contributed by atoms with Crippen LogP contribution in [0, 0.1) is 6.92 Å². The van der Waals surface area contributed by atoms with E-state index in [-0.39, 0.29) is 11.9 Å². The lowest BCUT2D eigenvalue weighted by Crippen LogP contribution is -2.44. The molecule has 186 valence electrons. The number of fused-ring (bicyclic) bond motifs is 1. The average Bonchev–Trinajstić information content (AvgIpc) is 3.26. The first-order valence-corrected chi connectivity index (χ1v) is 14.3. The molecule has 5 rings (SSSR count). The summed E-state index contributed by atoms with van der Waals surface area (Å²) in [4.78, 5) is 16.3. The molecule has 0 aliphatic carbocycles. The van der Waals surface area contributed by atoms with Gasteiger partial charge in [-0.1, -0.05) is 24.3 Å². The number of rotatable bonds is 7. The molecule has 0 atom stereocenters. The van der Waals surface area contributed by atoms with Crippen molar-refractivity contribution in [3.8, 4) is 5.75 Å². The number of carbonyl (C=O) groups excluding carboxylic acids is 1. The maximum absolute atomic E-state index is 12.7. The molecule has 2 aliphatic heterocycles. The average molecular weight is 557 g/mol. The number of carbonyl (C=O) groups is 1. The fourth-order valence-corrected chi connectivity index (χ4v) is 6.76. The maximum atomic E-state index is 12.7. The smallest absolute Gasteiger partial charge is 0.225 e. The summed E-state index contributed by atoms with van der Waals surface area (Å²) < 4.78 is 8.53. The van der Waals surface area contributed by atoms with Gasteiger partial charge in [0, 0.05) is 35.3 Å². The maximum Gasteiger partial charge on any atom is 0.225 e. The molecule has 2 aliphatic rings. The highest BCUT2D eigenvalue weighted by molar-refractivity contribution is 9.10. The quantitative estimate of drug-likeness (QED) is 0.408. The predicted octanol–water partition coefficient (Wildman–Crippen LogP) is 5.43. The van der Waals surface area contributed by atoms with Gasteiger partial charge in [-0.25, -0.2) is 0 Å². The number of likely N-dealkylation sites (tertiary alicyclic amines) is 1. The summed E-state index contributed by atoms with van der Waals surface area (Å²) in [6.45, 7) is 7.11. The molecule has 3 aromatic rings. The van der Waals surface area contributed by atoms with Crippen LogP contribution in [0.3, 0.4) is 0 Å². The number of nitrogens with zero attached hydrogens (tertiary/aromatic N) is 1. The standard InChI is InChI=1S/C28H34BrN3O2S/c1-19-3-2-4-21-16-24(35-28(19)21)17-27(33)31-22-9-13-32(14-10-22)18-20-5-6-26(25(29)15-20)34-23-7-11-30-12-8-23/h2-6,15-16,22-23,30H,7-14,17-18H2,1H3,(H,31,33). The lowest BCUT2D eigenvalue weighted by atomic mass is 10.0. The highest BCUT2D eigenvalue weighted by Gasteiger charge is 2.22. The zero-order valence-electron chi connectivity index (χ0n) is 20.3. The molecule has 7 heteroatoms. The van der Waals surface area contributed by atoms with Crippen LogP contribution in [0.25, 0.3) is 10.1 Å². The van der Waals surface area contributed by atoms with Crippen molar-refractivity contribution in [3.63, 3.8) is 0 Å². The second-order valence-electron chi connectivity index (χ2n) is 9.83. The van der Waals surface area contributed by atoms with Crippen LogP contribution in [0.15, 0.2) is 46.9 Å². The third-order valence-electron chi connectivity index (χ3n) is 7.06. The molecule has 1 amide bonds. The number of amides is 1. The molecule has 0 spiro atoms. The SMILES string of the molecule is Cc1cccc2cc(CC(=O)NC3CCN(Cc4ccc(OC5CCNCC5)c(Br)c4)CC3)sc12. The highest BCUT2D eigenvalue weighted by Crippen LogP contribution is 2.30. The van der Waals surface area contributed by atoms with Crippen LogP contribution in [0.5, 0.6) is 5.75 Å². The Labute approximate surface area is 220 Å². The Morgan fingerprint density at radius 3 is 2.69 bits per heavy atom. The largest absolute Gasteiger partial charge is 0.489 e. The summed E-state index contributed by atoms with van der Waals surface area (Å²) in [6.07, 6.45) is 4.88. The number of benzene rings is 2. The third kappa shape index (κ3) is 6.45. The molecule has 0 saturated carbocycles. The number of halogens is 1. The van der Waals surface area contributed by atoms with Crippen molar-refractivity contribution < 1.29 is 9.53 Å². The Balaban J connectivity index is 1.07. The van der Waals surface area contributed by atoms with Gasteiger partial charge in [-0.05, 0) is 96.3 Å². The van der Waals surface area contributed by atoms with E-state index >= 15 is 0 Å². The van der Waals surface area contributed by atoms with E-state index in [2.05, 4.69) is 80.9 Å². The summed E-state index contributed by atoms with van der Waals surface area (Å²) in [7, 11) is 0. The molecule has 3 heterocycles. The lowest BCUT2D eigenvalue weighted by molar-refractivity contribution is -0.121. The molecule has 0 unspecified atom stereocenters. The number of nitrogens with one attached hydrogen (secondary N) is 2. The normalized spacial score (nSPS) is 18.1. The Bertz CT molecular complexity index is 1170. The van der Waals surface area contributed by atoms with Gasteiger partial charge < -0.3 is 15.4 Å². The number of piperidine rings is 2. The van der Waals surface area contributed by atoms with Crippen molar-refractivity contribution in [1.29, 1.82) is 0 Å². The minimum atomic E-state index is 0.140. The van der Waals surface area contributed by atoms with Gasteiger partial charge in [0.25, 0.3) is 0 Å². The molecule has 2 saturated heterocycles. The zero-order chi connectivity index (χ0) is 24.2. The van der Waals surface area contributed by atoms with Crippen LogP contribution in [0.1, 0.15) is 41.7 Å². The minimum Gasteiger partial charge on any atom is -0.489 e. The molecule has 0 radical (unpaired) electrons. The van der Waals surface area contributed by atoms with Gasteiger partial charge in [0.1, 0.15) is 11.9 Å². The van der Waals surface area contributed by atoms with Crippen molar-refractivity contribution in [2.45, 2.75) is 57.7 Å². The number of hydrogen-bond donors (Lipinski definition) is 2. The molecule has 2 fully saturated rings. The number of aryl methyl sites for hydroxylation is 1. The van der Waals surface area contributed by atoms with Gasteiger partial charge in [0.2, 0.25) is 5.91 Å². The lowest BCUT2D eigenvalue weighted by Gasteiger charge is -2.32. The van der Waals surface area contributed by atoms with E-state index < -0.39 is 0 Å². The molecular weight excluding hydrogens is 522 g/mol. The Kier molecular flexibility index (Phi) is 8.07. The Morgan fingerprint density at radius 2 is 1.94 bits per heavy atom. The van der Waals surface area contributed by atoms with Gasteiger partial charge in [-0.15, -0.1) is 11.3 Å². The first-order valence-electron chi connectivity index (χ1n) is 12.7. The fourth-order valence-electron chi connectivity index (χ4n) is 5.11. The molecular formula is C28H34BrN3O2S. The molecule has 1 aromatic heterocycles. The second-order valence-corrected chi connectivity index (χ2v) is 11.8. The topological polar surface area (TPSA) is 53.6 Å². The predicted molar refractivity (Wildman–Crippen MR) is 147 cm³/mol. The van der Waals surface area contributed by atoms with Gasteiger partial charge >= 0.3 is 0 Å². The third-order valence-corrected chi connectivity index (χ3v) is 8.97. The fraction of sp³-hybridized carbons (Fsp3) is 0.464. The minimum absolute atomic E-state index is 0.140. The van der Waals surface area contributed by atoms with Crippen LogP contribution in [-0.2, 0) is 17.8 Å². The van der Waals surface area contributed by atoms with Crippen molar-refractivity contribution in [3.05, 3.63) is 62.9 Å². The molecule has 2 aromatic carbocycles. The van der Waals surface area contributed by atoms with Gasteiger partial charge in [-0.3, -0.25) is 9.69 Å². The van der Waals surface area contributed by atoms with Crippen LogP contribution in [0.2, 0.25) is 0 Å². The zero-order valence-corrected chi connectivity index (χ0v) is 22.7. The van der Waals surface area contributed by atoms with Crippen molar-refractivity contribution in [2.75, 3.05) is 26.2 Å². The summed E-state index contributed by atoms with van der Waals surface area (Å²) >= 11 is 5.45. The van der Waals surface area contributed by atoms with Crippen molar-refractivity contribution in [1.82, 2.24) is 15.5 Å². The summed E-state index contributed by atoms with van der Waals surface area (Å²) in [6, 6.07) is 15.2. The van der Waals surface area contributed by atoms with Gasteiger partial charge in [0.05, 0.1) is 10.9 Å². The molecule has 2 N–H and O–H groups in total.